The molecule has 0 bridgehead atoms. The van der Waals surface area contributed by atoms with Gasteiger partial charge in [0.15, 0.2) is 5.69 Å². The minimum Gasteiger partial charge on any atom is -0.497 e. The molecule has 0 saturated carbocycles. The number of alkyl halides is 1. The van der Waals surface area contributed by atoms with Crippen LogP contribution in [0.2, 0.25) is 0 Å². The Morgan fingerprint density at radius 2 is 1.93 bits per heavy atom. The van der Waals surface area contributed by atoms with Gasteiger partial charge in [-0.15, -0.1) is 21.8 Å². The number of anilines is 1. The summed E-state index contributed by atoms with van der Waals surface area (Å²) in [6.07, 6.45) is 1.52. The maximum atomic E-state index is 11.6. The van der Waals surface area contributed by atoms with Crippen LogP contribution in [0.1, 0.15) is 22.5 Å². The Morgan fingerprint density at radius 3 is 2.57 bits per heavy atom. The highest BCUT2D eigenvalue weighted by Crippen LogP contribution is 2.40. The van der Waals surface area contributed by atoms with Crippen LogP contribution in [0.15, 0.2) is 30.3 Å². The minimum absolute atomic E-state index is 0.0513. The molecule has 0 atom stereocenters. The van der Waals surface area contributed by atoms with Crippen LogP contribution >= 0.6 is 11.6 Å². The van der Waals surface area contributed by atoms with Gasteiger partial charge >= 0.3 is 0 Å². The second kappa shape index (κ2) is 8.31. The number of halogens is 1. The number of primary amides is 1. The smallest absolute Gasteiger partial charge is 0.271 e. The first-order valence-corrected chi connectivity index (χ1v) is 9.21. The fourth-order valence-corrected chi connectivity index (χ4v) is 3.33. The summed E-state index contributed by atoms with van der Waals surface area (Å²) in [4.78, 5) is 11.6. The maximum absolute atomic E-state index is 11.6. The number of benzene rings is 2. The van der Waals surface area contributed by atoms with Crippen molar-refractivity contribution in [2.45, 2.75) is 12.8 Å². The number of aryl methyl sites for hydroxylation is 1. The van der Waals surface area contributed by atoms with Crippen LogP contribution in [0, 0.1) is 0 Å². The number of hydrogen-bond donors (Lipinski definition) is 2. The number of rotatable bonds is 7. The van der Waals surface area contributed by atoms with Gasteiger partial charge in [0.25, 0.3) is 5.91 Å². The molecule has 0 aliphatic carbocycles. The Kier molecular flexibility index (Phi) is 5.84. The van der Waals surface area contributed by atoms with Gasteiger partial charge in [-0.1, -0.05) is 12.1 Å². The van der Waals surface area contributed by atoms with Crippen molar-refractivity contribution < 1.29 is 14.3 Å². The Bertz CT molecular complexity index is 1040. The largest absolute Gasteiger partial charge is 0.497 e. The third-order valence-corrected chi connectivity index (χ3v) is 4.82. The molecule has 3 aromatic rings. The van der Waals surface area contributed by atoms with Crippen LogP contribution in [-0.2, 0) is 6.42 Å². The maximum Gasteiger partial charge on any atom is 0.271 e. The second-order valence-corrected chi connectivity index (χ2v) is 6.56. The Balaban J connectivity index is 2.38. The zero-order valence-electron chi connectivity index (χ0n) is 15.7. The van der Waals surface area contributed by atoms with Crippen LogP contribution in [0.3, 0.4) is 0 Å². The van der Waals surface area contributed by atoms with Crippen molar-refractivity contribution in [2.75, 3.05) is 25.8 Å². The number of nitrogen functional groups attached to an aromatic ring is 1. The number of fused-ring (bicyclic) bond motifs is 1. The molecular weight excluding hydrogens is 380 g/mol. The normalized spacial score (nSPS) is 10.8. The predicted molar refractivity (Wildman–Crippen MR) is 110 cm³/mol. The van der Waals surface area contributed by atoms with Gasteiger partial charge in [0, 0.05) is 22.4 Å². The molecule has 3 rings (SSSR count). The number of carbonyl (C=O) groups is 1. The lowest BCUT2D eigenvalue weighted by molar-refractivity contribution is 0.0996. The van der Waals surface area contributed by atoms with E-state index in [1.54, 1.807) is 14.2 Å². The molecule has 0 radical (unpaired) electrons. The standard InChI is InChI=1S/C20H21ClN4O3/c1-27-12-6-8-15(28-2)14(10-12)16-11(4-3-9-21)5-7-13-17(22)19(20(23)26)25-24-18(13)16/h5-8,10H,3-4,9H2,1-2H3,(H2,22,24)(H2,23,26). The number of ether oxygens (including phenoxy) is 2. The molecule has 146 valence electrons. The van der Waals surface area contributed by atoms with Crippen molar-refractivity contribution >= 4 is 34.1 Å². The average molecular weight is 401 g/mol. The molecule has 7 nitrogen and oxygen atoms in total. The van der Waals surface area contributed by atoms with Crippen LogP contribution in [0.25, 0.3) is 22.0 Å². The van der Waals surface area contributed by atoms with Gasteiger partial charge in [0.05, 0.1) is 19.9 Å². The van der Waals surface area contributed by atoms with Gasteiger partial charge < -0.3 is 20.9 Å². The van der Waals surface area contributed by atoms with Crippen molar-refractivity contribution in [1.29, 1.82) is 0 Å². The highest BCUT2D eigenvalue weighted by atomic mass is 35.5. The van der Waals surface area contributed by atoms with Crippen LogP contribution in [0.5, 0.6) is 11.5 Å². The molecular formula is C20H21ClN4O3. The summed E-state index contributed by atoms with van der Waals surface area (Å²) in [6.45, 7) is 0. The summed E-state index contributed by atoms with van der Waals surface area (Å²) in [7, 11) is 3.19. The van der Waals surface area contributed by atoms with Gasteiger partial charge in [-0.05, 0) is 36.6 Å². The van der Waals surface area contributed by atoms with E-state index in [-0.39, 0.29) is 11.4 Å². The first kappa shape index (κ1) is 19.7. The fourth-order valence-electron chi connectivity index (χ4n) is 3.19. The van der Waals surface area contributed by atoms with Gasteiger partial charge in [0.1, 0.15) is 17.0 Å². The number of methoxy groups -OCH3 is 2. The molecule has 28 heavy (non-hydrogen) atoms. The average Bonchev–Trinajstić information content (AvgIpc) is 2.71. The first-order chi connectivity index (χ1) is 13.5. The number of nitrogens with zero attached hydrogens (tertiary/aromatic N) is 2. The molecule has 8 heteroatoms. The number of aromatic nitrogens is 2. The highest BCUT2D eigenvalue weighted by Gasteiger charge is 2.20. The zero-order chi connectivity index (χ0) is 20.3. The van der Waals surface area contributed by atoms with Gasteiger partial charge in [0.2, 0.25) is 0 Å². The second-order valence-electron chi connectivity index (χ2n) is 6.18. The monoisotopic (exact) mass is 400 g/mol. The summed E-state index contributed by atoms with van der Waals surface area (Å²) in [5, 5.41) is 8.84. The fraction of sp³-hybridized carbons (Fsp3) is 0.250. The van der Waals surface area contributed by atoms with Gasteiger partial charge in [-0.2, -0.15) is 0 Å². The third-order valence-electron chi connectivity index (χ3n) is 4.55. The van der Waals surface area contributed by atoms with Crippen molar-refractivity contribution in [2.24, 2.45) is 5.73 Å². The lowest BCUT2D eigenvalue weighted by Gasteiger charge is -2.17. The number of nitrogens with two attached hydrogens (primary N) is 2. The van der Waals surface area contributed by atoms with Crippen LogP contribution in [0.4, 0.5) is 5.69 Å². The van der Waals surface area contributed by atoms with Crippen molar-refractivity contribution in [3.63, 3.8) is 0 Å². The van der Waals surface area contributed by atoms with E-state index in [0.717, 1.165) is 29.5 Å². The summed E-state index contributed by atoms with van der Waals surface area (Å²) in [6, 6.07) is 9.29. The summed E-state index contributed by atoms with van der Waals surface area (Å²) in [5.41, 5.74) is 14.8. The molecule has 1 heterocycles. The SMILES string of the molecule is COc1ccc(OC)c(-c2c(CCCCl)ccc3c(N)c(C(N)=O)nnc23)c1. The van der Waals surface area contributed by atoms with Gasteiger partial charge in [-0.3, -0.25) is 4.79 Å². The van der Waals surface area contributed by atoms with E-state index in [1.807, 2.05) is 30.3 Å². The molecule has 1 aromatic heterocycles. The molecule has 2 aromatic carbocycles. The minimum atomic E-state index is -0.723. The van der Waals surface area contributed by atoms with Gasteiger partial charge in [-0.25, -0.2) is 0 Å². The van der Waals surface area contributed by atoms with Crippen LogP contribution in [-0.4, -0.2) is 36.2 Å². The highest BCUT2D eigenvalue weighted by molar-refractivity contribution is 6.17. The number of amides is 1. The third kappa shape index (κ3) is 3.53. The summed E-state index contributed by atoms with van der Waals surface area (Å²) >= 11 is 5.91. The molecule has 0 fully saturated rings. The van der Waals surface area contributed by atoms with E-state index in [4.69, 9.17) is 32.5 Å². The van der Waals surface area contributed by atoms with E-state index in [0.29, 0.717) is 28.3 Å². The first-order valence-electron chi connectivity index (χ1n) is 8.67. The molecule has 4 N–H and O–H groups in total. The number of carbonyl (C=O) groups excluding carboxylic acids is 1. The topological polar surface area (TPSA) is 113 Å². The molecule has 1 amide bonds. The van der Waals surface area contributed by atoms with E-state index in [1.165, 1.54) is 0 Å². The molecule has 0 spiro atoms. The van der Waals surface area contributed by atoms with Crippen molar-refractivity contribution in [3.8, 4) is 22.6 Å². The molecule has 0 unspecified atom stereocenters. The molecule has 0 aliphatic heterocycles. The van der Waals surface area contributed by atoms with E-state index < -0.39 is 5.91 Å². The predicted octanol–water partition coefficient (Wildman–Crippen LogP) is 3.17. The number of hydrogen-bond acceptors (Lipinski definition) is 6. The van der Waals surface area contributed by atoms with E-state index in [9.17, 15) is 4.79 Å². The molecule has 0 saturated heterocycles. The van der Waals surface area contributed by atoms with Crippen molar-refractivity contribution in [3.05, 3.63) is 41.6 Å². The Labute approximate surface area is 167 Å². The molecule has 0 aliphatic rings. The van der Waals surface area contributed by atoms with Crippen LogP contribution < -0.4 is 20.9 Å². The quantitative estimate of drug-likeness (QED) is 0.589. The lowest BCUT2D eigenvalue weighted by atomic mass is 9.92. The summed E-state index contributed by atoms with van der Waals surface area (Å²) < 4.78 is 10.9. The lowest BCUT2D eigenvalue weighted by Crippen LogP contribution is -2.17. The van der Waals surface area contributed by atoms with E-state index in [2.05, 4.69) is 10.2 Å². The zero-order valence-corrected chi connectivity index (χ0v) is 16.4. The Hall–Kier alpha value is -3.06. The Morgan fingerprint density at radius 1 is 1.14 bits per heavy atom. The van der Waals surface area contributed by atoms with Crippen molar-refractivity contribution in [1.82, 2.24) is 10.2 Å². The van der Waals surface area contributed by atoms with E-state index >= 15 is 0 Å². The summed E-state index contributed by atoms with van der Waals surface area (Å²) in [5.74, 6) is 1.13.